The van der Waals surface area contributed by atoms with E-state index in [0.29, 0.717) is 11.4 Å². The molecule has 0 heterocycles. The molecule has 0 radical (unpaired) electrons. The smallest absolute Gasteiger partial charge is 0.211 e. The highest BCUT2D eigenvalue weighted by Gasteiger charge is 2.12. The fourth-order valence-electron chi connectivity index (χ4n) is 2.41. The number of allylic oxidation sites excluding steroid dienone is 3. The molecule has 0 aromatic heterocycles. The van der Waals surface area contributed by atoms with Crippen LogP contribution in [-0.2, 0) is 10.0 Å². The van der Waals surface area contributed by atoms with Crippen LogP contribution in [0.4, 0.5) is 0 Å². The molecule has 0 bridgehead atoms. The Bertz CT molecular complexity index is 411. The van der Waals surface area contributed by atoms with Gasteiger partial charge in [-0.2, -0.15) is 0 Å². The number of hydrogen-bond acceptors (Lipinski definition) is 2. The first-order valence-electron chi connectivity index (χ1n) is 8.87. The van der Waals surface area contributed by atoms with Crippen LogP contribution < -0.4 is 4.72 Å². The quantitative estimate of drug-likeness (QED) is 0.347. The Hall–Kier alpha value is -0.610. The molecule has 0 aliphatic rings. The van der Waals surface area contributed by atoms with E-state index in [-0.39, 0.29) is 0 Å². The van der Waals surface area contributed by atoms with Crippen LogP contribution in [0.25, 0.3) is 0 Å². The van der Waals surface area contributed by atoms with Gasteiger partial charge < -0.3 is 0 Å². The Labute approximate surface area is 138 Å². The Kier molecular flexibility index (Phi) is 13.6. The highest BCUT2D eigenvalue weighted by atomic mass is 32.2. The minimum atomic E-state index is -3.32. The van der Waals surface area contributed by atoms with Gasteiger partial charge in [0.15, 0.2) is 0 Å². The zero-order valence-corrected chi connectivity index (χ0v) is 15.6. The molecule has 22 heavy (non-hydrogen) atoms. The fraction of sp³-hybridized carbons (Fsp3) is 0.778. The number of hydrogen-bond donors (Lipinski definition) is 1. The molecule has 0 aliphatic heterocycles. The average Bonchev–Trinajstić information content (AvgIpc) is 2.50. The molecule has 0 spiro atoms. The molecule has 0 rings (SSSR count). The predicted octanol–water partition coefficient (Wildman–Crippen LogP) is 5.31. The zero-order chi connectivity index (χ0) is 16.7. The van der Waals surface area contributed by atoms with Crippen molar-refractivity contribution in [2.75, 3.05) is 6.54 Å². The molecule has 0 aromatic carbocycles. The number of unbranched alkanes of at least 4 members (excludes halogenated alkanes) is 9. The third-order valence-electron chi connectivity index (χ3n) is 3.75. The zero-order valence-electron chi connectivity index (χ0n) is 14.7. The third kappa shape index (κ3) is 11.0. The van der Waals surface area contributed by atoms with Gasteiger partial charge in [-0.3, -0.25) is 0 Å². The Morgan fingerprint density at radius 2 is 1.36 bits per heavy atom. The summed E-state index contributed by atoms with van der Waals surface area (Å²) in [5, 5.41) is 0. The van der Waals surface area contributed by atoms with Gasteiger partial charge in [0.2, 0.25) is 10.0 Å². The second-order valence-corrected chi connectivity index (χ2v) is 7.54. The van der Waals surface area contributed by atoms with Gasteiger partial charge in [-0.05, 0) is 26.3 Å². The lowest BCUT2D eigenvalue weighted by Crippen LogP contribution is -2.25. The molecule has 130 valence electrons. The summed E-state index contributed by atoms with van der Waals surface area (Å²) < 4.78 is 26.6. The van der Waals surface area contributed by atoms with Crippen LogP contribution in [0.15, 0.2) is 23.1 Å². The van der Waals surface area contributed by atoms with Crippen molar-refractivity contribution in [3.8, 4) is 0 Å². The first kappa shape index (κ1) is 21.4. The minimum Gasteiger partial charge on any atom is -0.211 e. The molecule has 0 fully saturated rings. The van der Waals surface area contributed by atoms with Gasteiger partial charge in [0.1, 0.15) is 0 Å². The van der Waals surface area contributed by atoms with Crippen LogP contribution in [0.3, 0.4) is 0 Å². The van der Waals surface area contributed by atoms with E-state index in [1.165, 1.54) is 51.4 Å². The van der Waals surface area contributed by atoms with Gasteiger partial charge in [0.05, 0.1) is 4.91 Å². The number of sulfonamides is 1. The van der Waals surface area contributed by atoms with Gasteiger partial charge >= 0.3 is 0 Å². The van der Waals surface area contributed by atoms with Gasteiger partial charge in [0.25, 0.3) is 0 Å². The van der Waals surface area contributed by atoms with Crippen LogP contribution in [0.2, 0.25) is 0 Å². The number of nitrogens with one attached hydrogen (secondary N) is 1. The van der Waals surface area contributed by atoms with Crippen molar-refractivity contribution < 1.29 is 8.42 Å². The molecular formula is C18H35NO2S. The molecule has 4 heteroatoms. The molecule has 1 N–H and O–H groups in total. The standard InChI is InChI=1S/C18H35NO2S/c1-4-7-8-9-10-11-12-13-14-15-17-19-22(20,21)18(6-3)16-5-2/h5-6,16,19H,4,7-15,17H2,1-3H3/b16-5-,18-6+. The monoisotopic (exact) mass is 329 g/mol. The second kappa shape index (κ2) is 14.0. The maximum Gasteiger partial charge on any atom is 0.240 e. The lowest BCUT2D eigenvalue weighted by atomic mass is 10.1. The first-order valence-corrected chi connectivity index (χ1v) is 10.4. The van der Waals surface area contributed by atoms with E-state index in [4.69, 9.17) is 0 Å². The van der Waals surface area contributed by atoms with Crippen molar-refractivity contribution >= 4 is 10.0 Å². The molecule has 0 unspecified atom stereocenters. The topological polar surface area (TPSA) is 46.2 Å². The maximum atomic E-state index is 12.0. The Morgan fingerprint density at radius 1 is 0.864 bits per heavy atom. The summed E-state index contributed by atoms with van der Waals surface area (Å²) >= 11 is 0. The van der Waals surface area contributed by atoms with Gasteiger partial charge in [-0.1, -0.05) is 76.9 Å². The normalized spacial score (nSPS) is 13.1. The minimum absolute atomic E-state index is 0.349. The largest absolute Gasteiger partial charge is 0.240 e. The third-order valence-corrected chi connectivity index (χ3v) is 5.32. The Balaban J connectivity index is 3.61. The summed E-state index contributed by atoms with van der Waals surface area (Å²) in [7, 11) is -3.32. The highest BCUT2D eigenvalue weighted by Crippen LogP contribution is 2.11. The summed E-state index contributed by atoms with van der Waals surface area (Å²) in [5.74, 6) is 0. The van der Waals surface area contributed by atoms with Crippen LogP contribution in [0.5, 0.6) is 0 Å². The van der Waals surface area contributed by atoms with E-state index in [2.05, 4.69) is 11.6 Å². The van der Waals surface area contributed by atoms with E-state index < -0.39 is 10.0 Å². The van der Waals surface area contributed by atoms with Crippen molar-refractivity contribution in [3.63, 3.8) is 0 Å². The molecule has 0 amide bonds. The van der Waals surface area contributed by atoms with E-state index in [1.54, 1.807) is 25.2 Å². The van der Waals surface area contributed by atoms with Gasteiger partial charge in [0, 0.05) is 6.54 Å². The molecule has 0 saturated heterocycles. The summed E-state index contributed by atoms with van der Waals surface area (Å²) in [6, 6.07) is 0. The van der Waals surface area contributed by atoms with Crippen LogP contribution in [0, 0.1) is 0 Å². The van der Waals surface area contributed by atoms with Crippen molar-refractivity contribution in [2.45, 2.75) is 85.0 Å². The van der Waals surface area contributed by atoms with E-state index in [0.717, 1.165) is 12.8 Å². The molecule has 0 atom stereocenters. The molecule has 0 saturated carbocycles. The molecule has 0 aromatic rings. The highest BCUT2D eigenvalue weighted by molar-refractivity contribution is 7.93. The SMILES string of the molecule is C/C=C\C(=C/C)S(=O)(=O)NCCCCCCCCCCCC. The van der Waals surface area contributed by atoms with Crippen LogP contribution in [0.1, 0.15) is 85.0 Å². The van der Waals surface area contributed by atoms with E-state index >= 15 is 0 Å². The fourth-order valence-corrected chi connectivity index (χ4v) is 3.61. The van der Waals surface area contributed by atoms with E-state index in [1.807, 2.05) is 6.92 Å². The van der Waals surface area contributed by atoms with Gasteiger partial charge in [-0.25, -0.2) is 13.1 Å². The van der Waals surface area contributed by atoms with Crippen LogP contribution >= 0.6 is 0 Å². The van der Waals surface area contributed by atoms with Crippen molar-refractivity contribution in [1.29, 1.82) is 0 Å². The summed E-state index contributed by atoms with van der Waals surface area (Å²) in [6.07, 6.45) is 17.6. The average molecular weight is 330 g/mol. The first-order chi connectivity index (χ1) is 10.6. The summed E-state index contributed by atoms with van der Waals surface area (Å²) in [6.45, 7) is 6.34. The van der Waals surface area contributed by atoms with Gasteiger partial charge in [-0.15, -0.1) is 0 Å². The van der Waals surface area contributed by atoms with Crippen molar-refractivity contribution in [3.05, 3.63) is 23.1 Å². The van der Waals surface area contributed by atoms with Crippen molar-refractivity contribution in [1.82, 2.24) is 4.72 Å². The van der Waals surface area contributed by atoms with Crippen LogP contribution in [-0.4, -0.2) is 15.0 Å². The van der Waals surface area contributed by atoms with E-state index in [9.17, 15) is 8.42 Å². The summed E-state index contributed by atoms with van der Waals surface area (Å²) in [4.78, 5) is 0.349. The summed E-state index contributed by atoms with van der Waals surface area (Å²) in [5.41, 5.74) is 0. The molecule has 3 nitrogen and oxygen atoms in total. The Morgan fingerprint density at radius 3 is 1.82 bits per heavy atom. The maximum absolute atomic E-state index is 12.0. The lowest BCUT2D eigenvalue weighted by molar-refractivity contribution is 0.550. The second-order valence-electron chi connectivity index (χ2n) is 5.77. The molecule has 0 aliphatic carbocycles. The lowest BCUT2D eigenvalue weighted by Gasteiger charge is -2.07. The molecular weight excluding hydrogens is 294 g/mol. The van der Waals surface area contributed by atoms with Crippen molar-refractivity contribution in [2.24, 2.45) is 0 Å². The number of rotatable bonds is 14. The predicted molar refractivity (Wildman–Crippen MR) is 97.3 cm³/mol.